The Morgan fingerprint density at radius 2 is 1.44 bits per heavy atom. The number of nitrogens with one attached hydrogen (secondary N) is 2. The van der Waals surface area contributed by atoms with Gasteiger partial charge in [0.15, 0.2) is 5.69 Å². The van der Waals surface area contributed by atoms with Gasteiger partial charge in [0.25, 0.3) is 11.8 Å². The van der Waals surface area contributed by atoms with Crippen LogP contribution in [-0.4, -0.2) is 133 Å². The molecule has 336 valence electrons. The van der Waals surface area contributed by atoms with E-state index >= 15 is 0 Å². The normalized spacial score (nSPS) is 22.1. The number of fused-ring (bicyclic) bond motifs is 1. The largest absolute Gasteiger partial charge is 0.407 e. The fourth-order valence-electron chi connectivity index (χ4n) is 10.1. The van der Waals surface area contributed by atoms with Gasteiger partial charge in [0.2, 0.25) is 17.7 Å². The summed E-state index contributed by atoms with van der Waals surface area (Å²) in [6.07, 6.45) is 1.77. The number of carbonyl (C=O) groups is 5. The van der Waals surface area contributed by atoms with E-state index in [4.69, 9.17) is 6.57 Å². The summed E-state index contributed by atoms with van der Waals surface area (Å²) in [7, 11) is 0. The van der Waals surface area contributed by atoms with Gasteiger partial charge in [0.1, 0.15) is 11.9 Å². The Morgan fingerprint density at radius 3 is 2.11 bits per heavy atom. The first-order valence-electron chi connectivity index (χ1n) is 22.3. The first-order chi connectivity index (χ1) is 30.8. The molecule has 2 N–H and O–H groups in total. The standard InChI is InChI=1S/C46H51F3N10O5/c1-50-38-6-3-32(25-37(38)46(47,48)49)55-18-13-30(14-19-55)42(61)52-40-8-4-33(26-51-40)56-16-11-29(12-17-56)10-15-54-20-22-57(23-21-54)34-27-58(28-34)31-2-5-35-36(24-31)45(64)59(44(35)63)39-7-9-41(60)53-43(39)62/h2-6,8,24-26,29-30,34,39H,7,9-23,27-28H2,(H,51,52,61)(H,53,60,62). The molecule has 18 heteroatoms. The summed E-state index contributed by atoms with van der Waals surface area (Å²) in [5.74, 6) is -1.29. The van der Waals surface area contributed by atoms with Gasteiger partial charge in [-0.3, -0.25) is 39.1 Å². The predicted octanol–water partition coefficient (Wildman–Crippen LogP) is 5.02. The number of anilines is 4. The molecule has 9 rings (SSSR count). The number of hydrogen-bond donors (Lipinski definition) is 2. The van der Waals surface area contributed by atoms with Crippen molar-refractivity contribution in [2.45, 2.75) is 63.2 Å². The highest BCUT2D eigenvalue weighted by atomic mass is 19.4. The number of nitrogens with zero attached hydrogens (tertiary/aromatic N) is 8. The molecule has 5 saturated heterocycles. The van der Waals surface area contributed by atoms with Crippen LogP contribution < -0.4 is 25.3 Å². The van der Waals surface area contributed by atoms with Crippen molar-refractivity contribution >= 4 is 58.1 Å². The van der Waals surface area contributed by atoms with E-state index in [0.717, 1.165) is 101 Å². The van der Waals surface area contributed by atoms with E-state index < -0.39 is 47.1 Å². The van der Waals surface area contributed by atoms with E-state index in [1.807, 2.05) is 23.1 Å². The van der Waals surface area contributed by atoms with Crippen LogP contribution in [-0.2, 0) is 20.6 Å². The maximum Gasteiger partial charge on any atom is 0.407 e. The van der Waals surface area contributed by atoms with E-state index in [1.165, 1.54) is 12.1 Å². The molecule has 7 heterocycles. The van der Waals surface area contributed by atoms with Crippen molar-refractivity contribution in [3.8, 4) is 0 Å². The Kier molecular flexibility index (Phi) is 12.0. The summed E-state index contributed by atoms with van der Waals surface area (Å²) >= 11 is 0. The number of rotatable bonds is 10. The van der Waals surface area contributed by atoms with E-state index in [9.17, 15) is 37.1 Å². The van der Waals surface area contributed by atoms with Gasteiger partial charge in [-0.2, -0.15) is 13.2 Å². The van der Waals surface area contributed by atoms with Crippen molar-refractivity contribution in [3.63, 3.8) is 0 Å². The number of imide groups is 2. The zero-order chi connectivity index (χ0) is 44.7. The summed E-state index contributed by atoms with van der Waals surface area (Å²) in [4.78, 5) is 83.6. The van der Waals surface area contributed by atoms with Crippen molar-refractivity contribution in [1.29, 1.82) is 0 Å². The second-order valence-corrected chi connectivity index (χ2v) is 17.8. The number of halogens is 3. The molecule has 15 nitrogen and oxygen atoms in total. The average Bonchev–Trinajstić information content (AvgIpc) is 3.53. The molecule has 1 aromatic heterocycles. The molecule has 0 spiro atoms. The SMILES string of the molecule is [C-]#[N+]c1ccc(N2CCC(C(=O)Nc3ccc(N4CCC(CCN5CCN(C6CN(c7ccc8c(c7)C(=O)N(C7CCC(=O)NC7=O)C8=O)C6)CC5)CC4)cn3)CC2)cc1C(F)(F)F. The lowest BCUT2D eigenvalue weighted by Crippen LogP contribution is -2.63. The molecule has 5 fully saturated rings. The van der Waals surface area contributed by atoms with Crippen molar-refractivity contribution in [1.82, 2.24) is 25.0 Å². The lowest BCUT2D eigenvalue weighted by molar-refractivity contribution is -0.137. The quantitative estimate of drug-likeness (QED) is 0.209. The van der Waals surface area contributed by atoms with Crippen LogP contribution >= 0.6 is 0 Å². The van der Waals surface area contributed by atoms with Crippen LogP contribution in [0, 0.1) is 18.4 Å². The van der Waals surface area contributed by atoms with Crippen molar-refractivity contribution in [2.75, 3.05) is 92.0 Å². The maximum absolute atomic E-state index is 13.5. The highest BCUT2D eigenvalue weighted by molar-refractivity contribution is 6.23. The first-order valence-corrected chi connectivity index (χ1v) is 22.3. The van der Waals surface area contributed by atoms with E-state index in [0.29, 0.717) is 60.5 Å². The Balaban J connectivity index is 0.662. The average molecular weight is 881 g/mol. The van der Waals surface area contributed by atoms with Gasteiger partial charge in [0.05, 0.1) is 35.1 Å². The predicted molar refractivity (Wildman–Crippen MR) is 232 cm³/mol. The van der Waals surface area contributed by atoms with Crippen LogP contribution in [0.3, 0.4) is 0 Å². The lowest BCUT2D eigenvalue weighted by atomic mass is 9.93. The third kappa shape index (κ3) is 8.87. The Hall–Kier alpha value is -6.06. The van der Waals surface area contributed by atoms with Crippen LogP contribution in [0.15, 0.2) is 54.7 Å². The van der Waals surface area contributed by atoms with Gasteiger partial charge in [-0.25, -0.2) is 9.83 Å². The Bertz CT molecular complexity index is 2340. The summed E-state index contributed by atoms with van der Waals surface area (Å²) in [6.45, 7) is 16.7. The molecule has 6 aliphatic rings. The molecular formula is C46H51F3N10O5. The van der Waals surface area contributed by atoms with Crippen LogP contribution in [0.25, 0.3) is 4.85 Å². The second-order valence-electron chi connectivity index (χ2n) is 17.8. The Morgan fingerprint density at radius 1 is 0.781 bits per heavy atom. The summed E-state index contributed by atoms with van der Waals surface area (Å²) < 4.78 is 40.5. The molecule has 1 atom stereocenters. The monoisotopic (exact) mass is 880 g/mol. The van der Waals surface area contributed by atoms with Crippen LogP contribution in [0.1, 0.15) is 71.2 Å². The molecule has 0 radical (unpaired) electrons. The minimum Gasteiger partial charge on any atom is -0.372 e. The number of hydrogen-bond acceptors (Lipinski definition) is 11. The van der Waals surface area contributed by atoms with Crippen LogP contribution in [0.2, 0.25) is 0 Å². The molecule has 6 aliphatic heterocycles. The van der Waals surface area contributed by atoms with Gasteiger partial charge in [-0.05, 0) is 93.5 Å². The fourth-order valence-corrected chi connectivity index (χ4v) is 10.1. The van der Waals surface area contributed by atoms with Gasteiger partial charge in [0, 0.05) is 95.2 Å². The summed E-state index contributed by atoms with van der Waals surface area (Å²) in [6, 6.07) is 12.3. The van der Waals surface area contributed by atoms with Gasteiger partial charge >= 0.3 is 6.18 Å². The lowest BCUT2D eigenvalue weighted by Gasteiger charge is -2.49. The summed E-state index contributed by atoms with van der Waals surface area (Å²) in [5, 5.41) is 5.16. The third-order valence-corrected chi connectivity index (χ3v) is 14.0. The number of pyridine rings is 1. The molecule has 2 aromatic carbocycles. The number of aromatic nitrogens is 1. The molecule has 64 heavy (non-hydrogen) atoms. The highest BCUT2D eigenvalue weighted by Gasteiger charge is 2.45. The summed E-state index contributed by atoms with van der Waals surface area (Å²) in [5.41, 5.74) is 1.54. The van der Waals surface area contributed by atoms with E-state index in [-0.39, 0.29) is 24.7 Å². The number of carbonyl (C=O) groups excluding carboxylic acids is 5. The molecular weight excluding hydrogens is 830 g/mol. The molecule has 0 saturated carbocycles. The zero-order valence-electron chi connectivity index (χ0n) is 35.5. The number of piperazine rings is 1. The molecule has 1 unspecified atom stereocenters. The second kappa shape index (κ2) is 17.8. The first kappa shape index (κ1) is 43.2. The number of benzene rings is 2. The number of alkyl halides is 3. The smallest absolute Gasteiger partial charge is 0.372 e. The van der Waals surface area contributed by atoms with Gasteiger partial charge in [-0.1, -0.05) is 6.07 Å². The topological polar surface area (TPSA) is 146 Å². The van der Waals surface area contributed by atoms with Gasteiger partial charge in [-0.15, -0.1) is 0 Å². The van der Waals surface area contributed by atoms with Crippen molar-refractivity contribution in [3.05, 3.63) is 82.8 Å². The fraction of sp³-hybridized carbons (Fsp3) is 0.500. The molecule has 0 aliphatic carbocycles. The van der Waals surface area contributed by atoms with Crippen LogP contribution in [0.5, 0.6) is 0 Å². The van der Waals surface area contributed by atoms with Crippen molar-refractivity contribution < 1.29 is 37.1 Å². The molecule has 5 amide bonds. The third-order valence-electron chi connectivity index (χ3n) is 14.0. The van der Waals surface area contributed by atoms with E-state index in [2.05, 4.69) is 40.1 Å². The zero-order valence-corrected chi connectivity index (χ0v) is 35.5. The number of amides is 5. The molecule has 3 aromatic rings. The van der Waals surface area contributed by atoms with Crippen LogP contribution in [0.4, 0.5) is 41.7 Å². The number of piperidine rings is 3. The van der Waals surface area contributed by atoms with E-state index in [1.54, 1.807) is 18.3 Å². The highest BCUT2D eigenvalue weighted by Crippen LogP contribution is 2.40. The Labute approximate surface area is 369 Å². The molecule has 0 bridgehead atoms. The van der Waals surface area contributed by atoms with Gasteiger partial charge < -0.3 is 24.9 Å². The van der Waals surface area contributed by atoms with Crippen molar-refractivity contribution in [2.24, 2.45) is 11.8 Å². The maximum atomic E-state index is 13.5. The minimum atomic E-state index is -4.61. The minimum absolute atomic E-state index is 0.0875.